The third-order valence-corrected chi connectivity index (χ3v) is 5.94. The quantitative estimate of drug-likeness (QED) is 0.432. The second kappa shape index (κ2) is 10.2. The number of amides is 2. The maximum Gasteiger partial charge on any atom is 0.490 e. The lowest BCUT2D eigenvalue weighted by molar-refractivity contribution is -0.192. The minimum Gasteiger partial charge on any atom is -0.489 e. The molecule has 2 atom stereocenters. The number of carbonyl (C=O) groups excluding carboxylic acids is 2. The molecular weight excluding hydrogens is 443 g/mol. The number of alkyl halides is 3. The largest absolute Gasteiger partial charge is 0.490 e. The molecule has 0 radical (unpaired) electrons. The molecule has 33 heavy (non-hydrogen) atoms. The highest BCUT2D eigenvalue weighted by Crippen LogP contribution is 2.30. The fraction of sp³-hybridized carbons (Fsp3) is 0.500. The number of carbonyl (C=O) groups is 3. The van der Waals surface area contributed by atoms with Crippen molar-refractivity contribution in [1.29, 1.82) is 0 Å². The van der Waals surface area contributed by atoms with Crippen molar-refractivity contribution in [2.75, 3.05) is 19.7 Å². The van der Waals surface area contributed by atoms with Crippen LogP contribution in [0.5, 0.6) is 5.75 Å². The summed E-state index contributed by atoms with van der Waals surface area (Å²) in [6.07, 6.45) is 2.33. The minimum absolute atomic E-state index is 0.0103. The summed E-state index contributed by atoms with van der Waals surface area (Å²) < 4.78 is 37.5. The Morgan fingerprint density at radius 1 is 1.06 bits per heavy atom. The summed E-state index contributed by atoms with van der Waals surface area (Å²) >= 11 is 0. The number of fused-ring (bicyclic) bond motifs is 2. The number of ether oxygens (including phenoxy) is 1. The Morgan fingerprint density at radius 3 is 2.30 bits per heavy atom. The number of carboxylic acids is 1. The van der Waals surface area contributed by atoms with Crippen LogP contribution < -0.4 is 20.7 Å². The lowest BCUT2D eigenvalue weighted by Crippen LogP contribution is -2.63. The summed E-state index contributed by atoms with van der Waals surface area (Å²) in [6.45, 7) is 1.76. The van der Waals surface area contributed by atoms with Crippen molar-refractivity contribution in [2.24, 2.45) is 5.41 Å². The zero-order chi connectivity index (χ0) is 24.1. The number of hydrogen-bond acceptors (Lipinski definition) is 5. The molecule has 1 aliphatic carbocycles. The first kappa shape index (κ1) is 24.6. The number of aliphatic carboxylic acids is 1. The van der Waals surface area contributed by atoms with Crippen LogP contribution in [0.2, 0.25) is 0 Å². The van der Waals surface area contributed by atoms with Crippen LogP contribution in [-0.2, 0) is 9.59 Å². The topological polar surface area (TPSA) is 117 Å². The van der Waals surface area contributed by atoms with Crippen molar-refractivity contribution in [3.8, 4) is 5.75 Å². The van der Waals surface area contributed by atoms with E-state index in [0.717, 1.165) is 19.3 Å². The maximum absolute atomic E-state index is 12.9. The highest BCUT2D eigenvalue weighted by atomic mass is 19.4. The molecule has 4 N–H and O–H groups in total. The van der Waals surface area contributed by atoms with Crippen molar-refractivity contribution in [3.05, 3.63) is 42.0 Å². The first-order chi connectivity index (χ1) is 15.6. The van der Waals surface area contributed by atoms with E-state index < -0.39 is 12.1 Å². The van der Waals surface area contributed by atoms with Crippen LogP contribution in [0.1, 0.15) is 36.0 Å². The van der Waals surface area contributed by atoms with E-state index >= 15 is 0 Å². The summed E-state index contributed by atoms with van der Waals surface area (Å²) in [6, 6.07) is 7.25. The molecule has 0 aromatic heterocycles. The van der Waals surface area contributed by atoms with E-state index in [1.807, 2.05) is 30.4 Å². The Morgan fingerprint density at radius 2 is 1.70 bits per heavy atom. The number of nitrogens with one attached hydrogen (secondary N) is 3. The van der Waals surface area contributed by atoms with Gasteiger partial charge in [-0.25, -0.2) is 4.79 Å². The Hall–Kier alpha value is -3.08. The number of rotatable bonds is 0. The summed E-state index contributed by atoms with van der Waals surface area (Å²) in [4.78, 5) is 34.5. The standard InChI is InChI=1S/C20H25N3O3.C2HF3O2/c24-18-14-6-1-2-9-17(14)26-11-4-3-10-20(12-21-13-20)19(25)23-16-8-5-7-15(16)22-18;3-2(4,5)1(6)7/h1-4,6,9,15-16,21H,5,7-8,10-13H2,(H,22,24)(H,23,25);(H,6,7)/b4-3-;/t15-,16+;/m0./s1. The smallest absolute Gasteiger partial charge is 0.489 e. The van der Waals surface area contributed by atoms with Crippen molar-refractivity contribution in [2.45, 2.75) is 43.9 Å². The van der Waals surface area contributed by atoms with E-state index in [-0.39, 0.29) is 29.3 Å². The number of para-hydroxylation sites is 1. The third kappa shape index (κ3) is 6.04. The molecule has 0 bridgehead atoms. The molecule has 2 aliphatic heterocycles. The molecule has 3 aliphatic rings. The van der Waals surface area contributed by atoms with E-state index in [9.17, 15) is 22.8 Å². The van der Waals surface area contributed by atoms with E-state index in [4.69, 9.17) is 14.6 Å². The Balaban J connectivity index is 0.000000383. The van der Waals surface area contributed by atoms with E-state index in [1.165, 1.54) is 0 Å². The molecule has 2 fully saturated rings. The molecule has 180 valence electrons. The zero-order valence-electron chi connectivity index (χ0n) is 17.8. The summed E-state index contributed by atoms with van der Waals surface area (Å²) in [5, 5.41) is 16.7. The van der Waals surface area contributed by atoms with Gasteiger partial charge in [-0.2, -0.15) is 13.2 Å². The van der Waals surface area contributed by atoms with Crippen LogP contribution in [0.4, 0.5) is 13.2 Å². The fourth-order valence-electron chi connectivity index (χ4n) is 3.99. The number of halogens is 3. The number of carboxylic acid groups (broad SMARTS) is 1. The predicted molar refractivity (Wildman–Crippen MR) is 112 cm³/mol. The zero-order valence-corrected chi connectivity index (χ0v) is 17.8. The van der Waals surface area contributed by atoms with Gasteiger partial charge in [-0.05, 0) is 37.8 Å². The molecule has 1 aromatic carbocycles. The molecule has 8 nitrogen and oxygen atoms in total. The Kier molecular flexibility index (Phi) is 7.62. The lowest BCUT2D eigenvalue weighted by Gasteiger charge is -2.41. The van der Waals surface area contributed by atoms with Crippen LogP contribution in [-0.4, -0.2) is 60.8 Å². The first-order valence-corrected chi connectivity index (χ1v) is 10.6. The Bertz CT molecular complexity index is 915. The van der Waals surface area contributed by atoms with Gasteiger partial charge >= 0.3 is 12.1 Å². The van der Waals surface area contributed by atoms with Crippen molar-refractivity contribution < 1.29 is 37.4 Å². The van der Waals surface area contributed by atoms with E-state index in [0.29, 0.717) is 37.4 Å². The summed E-state index contributed by atoms with van der Waals surface area (Å²) in [7, 11) is 0. The molecule has 11 heteroatoms. The average Bonchev–Trinajstić information content (AvgIpc) is 3.15. The molecule has 2 heterocycles. The molecule has 4 rings (SSSR count). The van der Waals surface area contributed by atoms with Gasteiger partial charge in [-0.1, -0.05) is 24.3 Å². The first-order valence-electron chi connectivity index (χ1n) is 10.6. The van der Waals surface area contributed by atoms with Crippen LogP contribution in [0, 0.1) is 5.41 Å². The Labute approximate surface area is 188 Å². The van der Waals surface area contributed by atoms with Crippen LogP contribution in [0.15, 0.2) is 36.4 Å². The third-order valence-electron chi connectivity index (χ3n) is 5.94. The average molecular weight is 469 g/mol. The highest BCUT2D eigenvalue weighted by molar-refractivity contribution is 5.97. The van der Waals surface area contributed by atoms with Gasteiger partial charge in [0.15, 0.2) is 0 Å². The molecular formula is C22H26F3N3O5. The van der Waals surface area contributed by atoms with Crippen molar-refractivity contribution in [1.82, 2.24) is 16.0 Å². The predicted octanol–water partition coefficient (Wildman–Crippen LogP) is 2.02. The van der Waals surface area contributed by atoms with E-state index in [2.05, 4.69) is 16.0 Å². The number of hydrogen-bond donors (Lipinski definition) is 4. The molecule has 1 saturated carbocycles. The number of allylic oxidation sites excluding steroid dienone is 1. The molecule has 2 amide bonds. The maximum atomic E-state index is 12.9. The van der Waals surface area contributed by atoms with E-state index in [1.54, 1.807) is 6.07 Å². The summed E-state index contributed by atoms with van der Waals surface area (Å²) in [5.41, 5.74) is 0.157. The van der Waals surface area contributed by atoms with Gasteiger partial charge < -0.3 is 25.8 Å². The molecule has 1 aromatic rings. The monoisotopic (exact) mass is 469 g/mol. The second-order valence-electron chi connectivity index (χ2n) is 8.26. The molecule has 1 saturated heterocycles. The fourth-order valence-corrected chi connectivity index (χ4v) is 3.99. The van der Waals surface area contributed by atoms with Gasteiger partial charge in [0.25, 0.3) is 5.91 Å². The van der Waals surface area contributed by atoms with Gasteiger partial charge in [0, 0.05) is 25.2 Å². The number of benzene rings is 1. The van der Waals surface area contributed by atoms with Crippen LogP contribution in [0.3, 0.4) is 0 Å². The normalized spacial score (nSPS) is 25.4. The van der Waals surface area contributed by atoms with Gasteiger partial charge in [0.2, 0.25) is 5.91 Å². The minimum atomic E-state index is -5.08. The van der Waals surface area contributed by atoms with Gasteiger partial charge in [0.1, 0.15) is 12.4 Å². The van der Waals surface area contributed by atoms with Crippen molar-refractivity contribution >= 4 is 17.8 Å². The van der Waals surface area contributed by atoms with Gasteiger partial charge in [-0.3, -0.25) is 9.59 Å². The van der Waals surface area contributed by atoms with Gasteiger partial charge in [0.05, 0.1) is 11.0 Å². The SMILES string of the molecule is O=C(O)C(F)(F)F.O=C1N[C@H]2CCC[C@H]2NC(=O)C2(C/C=C\COc3ccccc31)CNC2. The second-order valence-corrected chi connectivity index (χ2v) is 8.26. The summed E-state index contributed by atoms with van der Waals surface area (Å²) in [5.74, 6) is -2.23. The lowest BCUT2D eigenvalue weighted by atomic mass is 9.77. The van der Waals surface area contributed by atoms with Crippen molar-refractivity contribution in [3.63, 3.8) is 0 Å². The molecule has 1 spiro atoms. The molecule has 0 unspecified atom stereocenters. The van der Waals surface area contributed by atoms with Crippen LogP contribution >= 0.6 is 0 Å². The van der Waals surface area contributed by atoms with Gasteiger partial charge in [-0.15, -0.1) is 0 Å². The highest BCUT2D eigenvalue weighted by Gasteiger charge is 2.45. The van der Waals surface area contributed by atoms with Crippen LogP contribution in [0.25, 0.3) is 0 Å².